The third kappa shape index (κ3) is 3.66. The number of hydrogen-bond acceptors (Lipinski definition) is 3. The summed E-state index contributed by atoms with van der Waals surface area (Å²) < 4.78 is 0. The maximum Gasteiger partial charge on any atom is 0.335 e. The summed E-state index contributed by atoms with van der Waals surface area (Å²) in [6.45, 7) is 1.98. The van der Waals surface area contributed by atoms with Crippen molar-refractivity contribution in [2.45, 2.75) is 19.8 Å². The molecular formula is C20H18N2O3. The van der Waals surface area contributed by atoms with E-state index in [0.717, 1.165) is 16.5 Å². The fourth-order valence-electron chi connectivity index (χ4n) is 2.83. The molecule has 0 aliphatic rings. The Hall–Kier alpha value is -3.21. The Kier molecular flexibility index (Phi) is 4.75. The Morgan fingerprint density at radius 1 is 1.08 bits per heavy atom. The fraction of sp³-hybridized carbons (Fsp3) is 0.150. The number of nitrogens with one attached hydrogen (secondary N) is 1. The van der Waals surface area contributed by atoms with Crippen molar-refractivity contribution in [3.8, 4) is 0 Å². The van der Waals surface area contributed by atoms with Crippen LogP contribution in [0.3, 0.4) is 0 Å². The minimum absolute atomic E-state index is 0.158. The predicted molar refractivity (Wildman–Crippen MR) is 96.8 cm³/mol. The van der Waals surface area contributed by atoms with Gasteiger partial charge in [-0.05, 0) is 48.7 Å². The lowest BCUT2D eigenvalue weighted by molar-refractivity contribution is -0.116. The SMILES string of the molecule is Cc1ccc(NC(=O)CCc2ccccc2C(=O)O)c2cccnc12. The third-order valence-corrected chi connectivity index (χ3v) is 4.11. The number of benzene rings is 2. The van der Waals surface area contributed by atoms with Crippen molar-refractivity contribution in [3.05, 3.63) is 71.4 Å². The summed E-state index contributed by atoms with van der Waals surface area (Å²) in [6.07, 6.45) is 2.31. The highest BCUT2D eigenvalue weighted by atomic mass is 16.4. The number of nitrogens with zero attached hydrogens (tertiary/aromatic N) is 1. The number of rotatable bonds is 5. The Morgan fingerprint density at radius 3 is 2.68 bits per heavy atom. The van der Waals surface area contributed by atoms with Crippen molar-refractivity contribution in [1.82, 2.24) is 4.98 Å². The normalized spacial score (nSPS) is 10.6. The quantitative estimate of drug-likeness (QED) is 0.743. The third-order valence-electron chi connectivity index (χ3n) is 4.11. The average molecular weight is 334 g/mol. The van der Waals surface area contributed by atoms with E-state index in [4.69, 9.17) is 0 Å². The molecule has 0 unspecified atom stereocenters. The van der Waals surface area contributed by atoms with Crippen LogP contribution < -0.4 is 5.32 Å². The van der Waals surface area contributed by atoms with Gasteiger partial charge in [0.15, 0.2) is 0 Å². The molecule has 3 aromatic rings. The Morgan fingerprint density at radius 2 is 1.88 bits per heavy atom. The number of carboxylic acids is 1. The summed E-state index contributed by atoms with van der Waals surface area (Å²) >= 11 is 0. The molecule has 0 saturated carbocycles. The van der Waals surface area contributed by atoms with Crippen LogP contribution in [0, 0.1) is 6.92 Å². The zero-order valence-corrected chi connectivity index (χ0v) is 13.8. The maximum atomic E-state index is 12.3. The van der Waals surface area contributed by atoms with Crippen molar-refractivity contribution < 1.29 is 14.7 Å². The summed E-state index contributed by atoms with van der Waals surface area (Å²) in [5, 5.41) is 13.0. The Labute approximate surface area is 145 Å². The van der Waals surface area contributed by atoms with Gasteiger partial charge in [0.25, 0.3) is 0 Å². The number of carbonyl (C=O) groups is 2. The highest BCUT2D eigenvalue weighted by Gasteiger charge is 2.12. The molecule has 0 fully saturated rings. The van der Waals surface area contributed by atoms with Crippen molar-refractivity contribution >= 4 is 28.5 Å². The number of fused-ring (bicyclic) bond motifs is 1. The molecule has 3 rings (SSSR count). The van der Waals surface area contributed by atoms with Gasteiger partial charge in [-0.1, -0.05) is 24.3 Å². The van der Waals surface area contributed by atoms with Crippen LogP contribution in [0.15, 0.2) is 54.7 Å². The summed E-state index contributed by atoms with van der Waals surface area (Å²) in [5.41, 5.74) is 3.51. The van der Waals surface area contributed by atoms with E-state index in [1.165, 1.54) is 0 Å². The Balaban J connectivity index is 1.74. The molecule has 0 spiro atoms. The minimum Gasteiger partial charge on any atom is -0.478 e. The van der Waals surface area contributed by atoms with E-state index in [-0.39, 0.29) is 17.9 Å². The van der Waals surface area contributed by atoms with Gasteiger partial charge in [-0.15, -0.1) is 0 Å². The monoisotopic (exact) mass is 334 g/mol. The van der Waals surface area contributed by atoms with Crippen LogP contribution in [-0.4, -0.2) is 22.0 Å². The molecule has 0 atom stereocenters. The van der Waals surface area contributed by atoms with E-state index < -0.39 is 5.97 Å². The van der Waals surface area contributed by atoms with Gasteiger partial charge in [0.05, 0.1) is 16.8 Å². The van der Waals surface area contributed by atoms with Crippen LogP contribution in [0.4, 0.5) is 5.69 Å². The second kappa shape index (κ2) is 7.13. The molecule has 2 aromatic carbocycles. The topological polar surface area (TPSA) is 79.3 Å². The lowest BCUT2D eigenvalue weighted by Crippen LogP contribution is -2.14. The highest BCUT2D eigenvalue weighted by Crippen LogP contribution is 2.24. The Bertz CT molecular complexity index is 951. The number of aryl methyl sites for hydroxylation is 2. The number of amides is 1. The molecule has 1 aromatic heterocycles. The molecule has 0 aliphatic carbocycles. The van der Waals surface area contributed by atoms with E-state index in [1.54, 1.807) is 30.5 Å². The van der Waals surface area contributed by atoms with Crippen molar-refractivity contribution in [2.75, 3.05) is 5.32 Å². The molecule has 0 saturated heterocycles. The van der Waals surface area contributed by atoms with E-state index in [0.29, 0.717) is 17.7 Å². The highest BCUT2D eigenvalue weighted by molar-refractivity contribution is 6.02. The lowest BCUT2D eigenvalue weighted by atomic mass is 10.0. The lowest BCUT2D eigenvalue weighted by Gasteiger charge is -2.10. The summed E-state index contributed by atoms with van der Waals surface area (Å²) in [6, 6.07) is 14.3. The first-order valence-corrected chi connectivity index (χ1v) is 8.01. The first kappa shape index (κ1) is 16.6. The van der Waals surface area contributed by atoms with Gasteiger partial charge in [0.1, 0.15) is 0 Å². The van der Waals surface area contributed by atoms with Crippen molar-refractivity contribution in [2.24, 2.45) is 0 Å². The fourth-order valence-corrected chi connectivity index (χ4v) is 2.83. The molecule has 0 bridgehead atoms. The zero-order chi connectivity index (χ0) is 17.8. The number of aromatic nitrogens is 1. The maximum absolute atomic E-state index is 12.3. The molecule has 2 N–H and O–H groups in total. The van der Waals surface area contributed by atoms with Crippen LogP contribution in [0.5, 0.6) is 0 Å². The van der Waals surface area contributed by atoms with Crippen LogP contribution >= 0.6 is 0 Å². The zero-order valence-electron chi connectivity index (χ0n) is 13.8. The second-order valence-electron chi connectivity index (χ2n) is 5.84. The van der Waals surface area contributed by atoms with Gasteiger partial charge in [-0.2, -0.15) is 0 Å². The molecular weight excluding hydrogens is 316 g/mol. The van der Waals surface area contributed by atoms with Gasteiger partial charge < -0.3 is 10.4 Å². The number of hydrogen-bond donors (Lipinski definition) is 2. The first-order valence-electron chi connectivity index (χ1n) is 8.01. The van der Waals surface area contributed by atoms with E-state index in [9.17, 15) is 14.7 Å². The predicted octanol–water partition coefficient (Wildman–Crippen LogP) is 3.81. The minimum atomic E-state index is -0.980. The number of anilines is 1. The smallest absolute Gasteiger partial charge is 0.335 e. The van der Waals surface area contributed by atoms with Gasteiger partial charge >= 0.3 is 5.97 Å². The summed E-state index contributed by atoms with van der Waals surface area (Å²) in [5.74, 6) is -1.14. The number of aromatic carboxylic acids is 1. The van der Waals surface area contributed by atoms with Gasteiger partial charge in [0.2, 0.25) is 5.91 Å². The van der Waals surface area contributed by atoms with Crippen LogP contribution in [0.2, 0.25) is 0 Å². The summed E-state index contributed by atoms with van der Waals surface area (Å²) in [4.78, 5) is 27.9. The molecule has 126 valence electrons. The number of carboxylic acid groups (broad SMARTS) is 1. The standard InChI is InChI=1S/C20H18N2O3/c1-13-8-10-17(16-7-4-12-21-19(13)16)22-18(23)11-9-14-5-2-3-6-15(14)20(24)25/h2-8,10,12H,9,11H2,1H3,(H,22,23)(H,24,25). The van der Waals surface area contributed by atoms with E-state index >= 15 is 0 Å². The summed E-state index contributed by atoms with van der Waals surface area (Å²) in [7, 11) is 0. The molecule has 5 heteroatoms. The molecule has 0 radical (unpaired) electrons. The molecule has 5 nitrogen and oxygen atoms in total. The van der Waals surface area contributed by atoms with E-state index in [2.05, 4.69) is 10.3 Å². The van der Waals surface area contributed by atoms with Crippen LogP contribution in [0.1, 0.15) is 27.9 Å². The first-order chi connectivity index (χ1) is 12.1. The van der Waals surface area contributed by atoms with Gasteiger partial charge in [-0.25, -0.2) is 4.79 Å². The van der Waals surface area contributed by atoms with E-state index in [1.807, 2.05) is 31.2 Å². The molecule has 25 heavy (non-hydrogen) atoms. The van der Waals surface area contributed by atoms with Crippen LogP contribution in [-0.2, 0) is 11.2 Å². The second-order valence-corrected chi connectivity index (χ2v) is 5.84. The molecule has 1 amide bonds. The van der Waals surface area contributed by atoms with Crippen molar-refractivity contribution in [3.63, 3.8) is 0 Å². The van der Waals surface area contributed by atoms with Crippen LogP contribution in [0.25, 0.3) is 10.9 Å². The number of pyridine rings is 1. The van der Waals surface area contributed by atoms with Crippen molar-refractivity contribution in [1.29, 1.82) is 0 Å². The van der Waals surface area contributed by atoms with Gasteiger partial charge in [-0.3, -0.25) is 9.78 Å². The molecule has 0 aliphatic heterocycles. The largest absolute Gasteiger partial charge is 0.478 e. The molecule has 1 heterocycles. The average Bonchev–Trinajstić information content (AvgIpc) is 2.63. The number of carbonyl (C=O) groups excluding carboxylic acids is 1. The van der Waals surface area contributed by atoms with Gasteiger partial charge in [0, 0.05) is 18.0 Å².